The molecular weight excluding hydrogens is 362 g/mol. The van der Waals surface area contributed by atoms with E-state index in [1.165, 1.54) is 5.39 Å². The van der Waals surface area contributed by atoms with Crippen molar-refractivity contribution in [3.8, 4) is 5.75 Å². The molecule has 150 valence electrons. The van der Waals surface area contributed by atoms with Crippen LogP contribution in [0.25, 0.3) is 10.8 Å². The van der Waals surface area contributed by atoms with Crippen molar-refractivity contribution >= 4 is 22.4 Å². The van der Waals surface area contributed by atoms with E-state index < -0.39 is 0 Å². The molecule has 0 radical (unpaired) electrons. The molecule has 1 fully saturated rings. The number of benzene rings is 2. The molecule has 0 aliphatic carbocycles. The second-order valence-corrected chi connectivity index (χ2v) is 7.63. The van der Waals surface area contributed by atoms with Crippen LogP contribution in [0.2, 0.25) is 0 Å². The van der Waals surface area contributed by atoms with Crippen molar-refractivity contribution in [1.82, 2.24) is 9.88 Å². The maximum Gasteiger partial charge on any atom is 0.223 e. The van der Waals surface area contributed by atoms with E-state index in [-0.39, 0.29) is 11.8 Å². The largest absolute Gasteiger partial charge is 0.497 e. The molecule has 1 unspecified atom stereocenters. The lowest BCUT2D eigenvalue weighted by molar-refractivity contribution is -0.131. The van der Waals surface area contributed by atoms with Crippen LogP contribution >= 0.6 is 0 Å². The molecule has 1 saturated heterocycles. The van der Waals surface area contributed by atoms with Crippen LogP contribution in [0, 0.1) is 0 Å². The second kappa shape index (κ2) is 8.52. The number of methoxy groups -OCH3 is 1. The summed E-state index contributed by atoms with van der Waals surface area (Å²) >= 11 is 0. The number of amides is 1. The van der Waals surface area contributed by atoms with Gasteiger partial charge in [0, 0.05) is 49.6 Å². The fourth-order valence-electron chi connectivity index (χ4n) is 4.01. The molecule has 1 aromatic heterocycles. The van der Waals surface area contributed by atoms with Crippen LogP contribution in [0.15, 0.2) is 60.9 Å². The van der Waals surface area contributed by atoms with Gasteiger partial charge in [-0.1, -0.05) is 43.3 Å². The molecule has 4 rings (SSSR count). The SMILES string of the molecule is COc1cccc(C(C)CC(=O)N2CCN(c3cncc4ccccc34)CC2)c1. The predicted molar refractivity (Wildman–Crippen MR) is 117 cm³/mol. The summed E-state index contributed by atoms with van der Waals surface area (Å²) in [5.74, 6) is 1.22. The summed E-state index contributed by atoms with van der Waals surface area (Å²) in [7, 11) is 1.67. The van der Waals surface area contributed by atoms with Crippen molar-refractivity contribution in [2.45, 2.75) is 19.3 Å². The monoisotopic (exact) mass is 389 g/mol. The van der Waals surface area contributed by atoms with Crippen molar-refractivity contribution < 1.29 is 9.53 Å². The van der Waals surface area contributed by atoms with Gasteiger partial charge in [0.2, 0.25) is 5.91 Å². The zero-order valence-electron chi connectivity index (χ0n) is 17.0. The van der Waals surface area contributed by atoms with E-state index in [0.29, 0.717) is 6.42 Å². The minimum atomic E-state index is 0.165. The Kier molecular flexibility index (Phi) is 5.65. The van der Waals surface area contributed by atoms with Crippen molar-refractivity contribution in [3.05, 3.63) is 66.5 Å². The Hall–Kier alpha value is -3.08. The molecule has 29 heavy (non-hydrogen) atoms. The molecule has 3 aromatic rings. The molecule has 5 nitrogen and oxygen atoms in total. The third kappa shape index (κ3) is 4.19. The topological polar surface area (TPSA) is 45.7 Å². The number of carbonyl (C=O) groups excluding carboxylic acids is 1. The highest BCUT2D eigenvalue weighted by molar-refractivity contribution is 5.93. The van der Waals surface area contributed by atoms with E-state index in [2.05, 4.69) is 41.1 Å². The van der Waals surface area contributed by atoms with Crippen LogP contribution in [0.4, 0.5) is 5.69 Å². The highest BCUT2D eigenvalue weighted by atomic mass is 16.5. The second-order valence-electron chi connectivity index (χ2n) is 7.63. The average Bonchev–Trinajstić information content (AvgIpc) is 2.78. The Labute approximate surface area is 171 Å². The van der Waals surface area contributed by atoms with E-state index in [1.807, 2.05) is 41.6 Å². The average molecular weight is 389 g/mol. The highest BCUT2D eigenvalue weighted by Gasteiger charge is 2.24. The van der Waals surface area contributed by atoms with Gasteiger partial charge in [-0.05, 0) is 23.6 Å². The third-order valence-electron chi connectivity index (χ3n) is 5.76. The smallest absolute Gasteiger partial charge is 0.223 e. The minimum absolute atomic E-state index is 0.165. The number of nitrogens with zero attached hydrogens (tertiary/aromatic N) is 3. The molecule has 5 heteroatoms. The summed E-state index contributed by atoms with van der Waals surface area (Å²) < 4.78 is 5.30. The molecule has 1 amide bonds. The first kappa shape index (κ1) is 19.2. The van der Waals surface area contributed by atoms with Crippen molar-refractivity contribution in [2.24, 2.45) is 0 Å². The van der Waals surface area contributed by atoms with Crippen molar-refractivity contribution in [1.29, 1.82) is 0 Å². The van der Waals surface area contributed by atoms with Crippen LogP contribution in [0.5, 0.6) is 5.75 Å². The first-order valence-electron chi connectivity index (χ1n) is 10.1. The summed E-state index contributed by atoms with van der Waals surface area (Å²) in [4.78, 5) is 21.6. The van der Waals surface area contributed by atoms with Crippen LogP contribution in [0.1, 0.15) is 24.8 Å². The molecule has 0 N–H and O–H groups in total. The molecule has 0 saturated carbocycles. The number of hydrogen-bond donors (Lipinski definition) is 0. The molecule has 1 aliphatic rings. The van der Waals surface area contributed by atoms with Gasteiger partial charge in [0.25, 0.3) is 0 Å². The lowest BCUT2D eigenvalue weighted by atomic mass is 9.97. The van der Waals surface area contributed by atoms with Gasteiger partial charge in [0.15, 0.2) is 0 Å². The first-order valence-corrected chi connectivity index (χ1v) is 10.1. The van der Waals surface area contributed by atoms with E-state index in [0.717, 1.165) is 48.6 Å². The zero-order chi connectivity index (χ0) is 20.2. The fraction of sp³-hybridized carbons (Fsp3) is 0.333. The quantitative estimate of drug-likeness (QED) is 0.659. The number of ether oxygens (including phenoxy) is 1. The summed E-state index contributed by atoms with van der Waals surface area (Å²) in [6.07, 6.45) is 4.35. The molecular formula is C24H27N3O2. The molecule has 0 bridgehead atoms. The van der Waals surface area contributed by atoms with Gasteiger partial charge in [-0.2, -0.15) is 0 Å². The van der Waals surface area contributed by atoms with Crippen LogP contribution in [-0.4, -0.2) is 49.1 Å². The van der Waals surface area contributed by atoms with Crippen LogP contribution in [-0.2, 0) is 4.79 Å². The molecule has 0 spiro atoms. The Morgan fingerprint density at radius 2 is 1.86 bits per heavy atom. The van der Waals surface area contributed by atoms with Gasteiger partial charge >= 0.3 is 0 Å². The van der Waals surface area contributed by atoms with Gasteiger partial charge in [-0.3, -0.25) is 9.78 Å². The standard InChI is InChI=1S/C24H27N3O2/c1-18(19-7-5-8-21(15-19)29-2)14-24(28)27-12-10-26(11-13-27)23-17-25-16-20-6-3-4-9-22(20)23/h3-9,15-18H,10-14H2,1-2H3. The number of hydrogen-bond acceptors (Lipinski definition) is 4. The van der Waals surface area contributed by atoms with Gasteiger partial charge in [0.05, 0.1) is 19.0 Å². The lowest BCUT2D eigenvalue weighted by Crippen LogP contribution is -2.49. The number of fused-ring (bicyclic) bond motifs is 1. The lowest BCUT2D eigenvalue weighted by Gasteiger charge is -2.36. The number of rotatable bonds is 5. The van der Waals surface area contributed by atoms with Crippen LogP contribution < -0.4 is 9.64 Å². The molecule has 2 heterocycles. The van der Waals surface area contributed by atoms with Gasteiger partial charge in [0.1, 0.15) is 5.75 Å². The number of pyridine rings is 1. The number of carbonyl (C=O) groups is 1. The number of anilines is 1. The molecule has 1 atom stereocenters. The zero-order valence-corrected chi connectivity index (χ0v) is 17.0. The third-order valence-corrected chi connectivity index (χ3v) is 5.76. The Morgan fingerprint density at radius 3 is 2.66 bits per heavy atom. The Bertz CT molecular complexity index is 991. The normalized spacial score (nSPS) is 15.4. The minimum Gasteiger partial charge on any atom is -0.497 e. The number of aromatic nitrogens is 1. The summed E-state index contributed by atoms with van der Waals surface area (Å²) in [6, 6.07) is 16.3. The number of piperazine rings is 1. The van der Waals surface area contributed by atoms with E-state index in [4.69, 9.17) is 4.74 Å². The maximum atomic E-state index is 12.9. The van der Waals surface area contributed by atoms with Crippen LogP contribution in [0.3, 0.4) is 0 Å². The first-order chi connectivity index (χ1) is 14.2. The van der Waals surface area contributed by atoms with Gasteiger partial charge in [-0.15, -0.1) is 0 Å². The highest BCUT2D eigenvalue weighted by Crippen LogP contribution is 2.27. The Balaban J connectivity index is 1.38. The summed E-state index contributed by atoms with van der Waals surface area (Å²) in [6.45, 7) is 5.24. The predicted octanol–water partition coefficient (Wildman–Crippen LogP) is 4.09. The van der Waals surface area contributed by atoms with E-state index in [9.17, 15) is 4.79 Å². The van der Waals surface area contributed by atoms with Gasteiger partial charge in [-0.25, -0.2) is 0 Å². The summed E-state index contributed by atoms with van der Waals surface area (Å²) in [5, 5.41) is 2.37. The van der Waals surface area contributed by atoms with E-state index >= 15 is 0 Å². The fourth-order valence-corrected chi connectivity index (χ4v) is 4.01. The summed E-state index contributed by atoms with van der Waals surface area (Å²) in [5.41, 5.74) is 2.29. The van der Waals surface area contributed by atoms with Crippen molar-refractivity contribution in [2.75, 3.05) is 38.2 Å². The molecule has 1 aliphatic heterocycles. The van der Waals surface area contributed by atoms with E-state index in [1.54, 1.807) is 7.11 Å². The van der Waals surface area contributed by atoms with Gasteiger partial charge < -0.3 is 14.5 Å². The molecule has 2 aromatic carbocycles. The van der Waals surface area contributed by atoms with Crippen molar-refractivity contribution in [3.63, 3.8) is 0 Å². The Morgan fingerprint density at radius 1 is 1.07 bits per heavy atom. The maximum absolute atomic E-state index is 12.9.